The highest BCUT2D eigenvalue weighted by Gasteiger charge is 2.42. The first kappa shape index (κ1) is 13.6. The summed E-state index contributed by atoms with van der Waals surface area (Å²) in [5.41, 5.74) is 1.51. The Balaban J connectivity index is 1.74. The number of aliphatic hydroxyl groups is 1. The third-order valence-electron chi connectivity index (χ3n) is 5.07. The Morgan fingerprint density at radius 1 is 1.25 bits per heavy atom. The minimum absolute atomic E-state index is 0.108. The summed E-state index contributed by atoms with van der Waals surface area (Å²) in [7, 11) is 0. The summed E-state index contributed by atoms with van der Waals surface area (Å²) < 4.78 is 0. The first-order valence-electron chi connectivity index (χ1n) is 7.67. The van der Waals surface area contributed by atoms with Crippen LogP contribution >= 0.6 is 0 Å². The van der Waals surface area contributed by atoms with Gasteiger partial charge in [-0.25, -0.2) is 0 Å². The Morgan fingerprint density at radius 3 is 2.70 bits per heavy atom. The summed E-state index contributed by atoms with van der Waals surface area (Å²) in [6, 6.07) is 7.87. The van der Waals surface area contributed by atoms with Crippen molar-refractivity contribution < 1.29 is 9.90 Å². The molecule has 0 bridgehead atoms. The van der Waals surface area contributed by atoms with Crippen molar-refractivity contribution >= 4 is 11.5 Å². The molecule has 20 heavy (non-hydrogen) atoms. The van der Waals surface area contributed by atoms with Gasteiger partial charge < -0.3 is 10.0 Å². The minimum atomic E-state index is -0.423. The Kier molecular flexibility index (Phi) is 3.55. The fraction of sp³-hybridized carbons (Fsp3) is 0.588. The zero-order chi connectivity index (χ0) is 14.2. The lowest BCUT2D eigenvalue weighted by atomic mass is 9.71. The van der Waals surface area contributed by atoms with Gasteiger partial charge in [0.1, 0.15) is 0 Å². The second-order valence-corrected chi connectivity index (χ2v) is 6.35. The summed E-state index contributed by atoms with van der Waals surface area (Å²) in [6.07, 6.45) is 5.38. The van der Waals surface area contributed by atoms with Crippen LogP contribution in [0.25, 0.3) is 0 Å². The molecular formula is C17H23NO2. The molecule has 1 N–H and O–H groups in total. The molecule has 3 heteroatoms. The van der Waals surface area contributed by atoms with Crippen LogP contribution in [0.4, 0.5) is 5.69 Å². The van der Waals surface area contributed by atoms with Gasteiger partial charge in [-0.3, -0.25) is 4.79 Å². The number of ketones is 1. The summed E-state index contributed by atoms with van der Waals surface area (Å²) in [5.74, 6) is 0.509. The molecule has 1 aliphatic carbocycles. The van der Waals surface area contributed by atoms with E-state index in [0.717, 1.165) is 37.9 Å². The van der Waals surface area contributed by atoms with Gasteiger partial charge in [-0.2, -0.15) is 0 Å². The lowest BCUT2D eigenvalue weighted by Gasteiger charge is -2.48. The fourth-order valence-electron chi connectivity index (χ4n) is 3.71. The maximum absolute atomic E-state index is 11.3. The molecule has 1 aliphatic heterocycles. The smallest absolute Gasteiger partial charge is 0.159 e. The highest BCUT2D eigenvalue weighted by molar-refractivity contribution is 5.94. The number of nitrogens with zero attached hydrogens (tertiary/aromatic N) is 1. The van der Waals surface area contributed by atoms with E-state index in [-0.39, 0.29) is 5.78 Å². The van der Waals surface area contributed by atoms with Crippen molar-refractivity contribution in [1.82, 2.24) is 0 Å². The Bertz CT molecular complexity index is 496. The summed E-state index contributed by atoms with van der Waals surface area (Å²) in [5, 5.41) is 10.7. The predicted molar refractivity (Wildman–Crippen MR) is 80.2 cm³/mol. The predicted octanol–water partition coefficient (Wildman–Crippen LogP) is 3.02. The summed E-state index contributed by atoms with van der Waals surface area (Å²) in [6.45, 7) is 3.44. The minimum Gasteiger partial charge on any atom is -0.389 e. The second-order valence-electron chi connectivity index (χ2n) is 6.35. The number of fused-ring (bicyclic) bond motifs is 1. The topological polar surface area (TPSA) is 40.5 Å². The fourth-order valence-corrected chi connectivity index (χ4v) is 3.71. The van der Waals surface area contributed by atoms with Crippen molar-refractivity contribution in [2.75, 3.05) is 18.0 Å². The van der Waals surface area contributed by atoms with Gasteiger partial charge in [0.2, 0.25) is 0 Å². The molecule has 0 spiro atoms. The van der Waals surface area contributed by atoms with Crippen LogP contribution in [0, 0.1) is 5.92 Å². The van der Waals surface area contributed by atoms with E-state index in [1.54, 1.807) is 6.92 Å². The number of carbonyl (C=O) groups is 1. The van der Waals surface area contributed by atoms with E-state index in [1.165, 1.54) is 18.5 Å². The van der Waals surface area contributed by atoms with Crippen molar-refractivity contribution in [3.8, 4) is 0 Å². The third kappa shape index (κ3) is 2.47. The monoisotopic (exact) mass is 273 g/mol. The average molecular weight is 273 g/mol. The van der Waals surface area contributed by atoms with Crippen molar-refractivity contribution in [3.63, 3.8) is 0 Å². The van der Waals surface area contributed by atoms with E-state index in [1.807, 2.05) is 24.3 Å². The lowest BCUT2D eigenvalue weighted by molar-refractivity contribution is -0.0612. The van der Waals surface area contributed by atoms with Crippen LogP contribution in [0.15, 0.2) is 24.3 Å². The molecule has 1 aromatic rings. The SMILES string of the molecule is CC(=O)c1ccc(N2CCC3(O)CCCCC3C2)cc1. The van der Waals surface area contributed by atoms with Gasteiger partial charge in [-0.05, 0) is 50.5 Å². The van der Waals surface area contributed by atoms with E-state index < -0.39 is 5.60 Å². The van der Waals surface area contributed by atoms with E-state index in [4.69, 9.17) is 0 Å². The van der Waals surface area contributed by atoms with Gasteiger partial charge in [-0.1, -0.05) is 12.8 Å². The number of hydrogen-bond donors (Lipinski definition) is 1. The van der Waals surface area contributed by atoms with E-state index in [2.05, 4.69) is 4.90 Å². The number of rotatable bonds is 2. The number of piperidine rings is 1. The molecule has 1 saturated heterocycles. The Hall–Kier alpha value is -1.35. The number of benzene rings is 1. The quantitative estimate of drug-likeness (QED) is 0.842. The molecule has 1 heterocycles. The number of hydrogen-bond acceptors (Lipinski definition) is 3. The zero-order valence-electron chi connectivity index (χ0n) is 12.1. The van der Waals surface area contributed by atoms with Crippen LogP contribution in [0.5, 0.6) is 0 Å². The Morgan fingerprint density at radius 2 is 2.00 bits per heavy atom. The van der Waals surface area contributed by atoms with Gasteiger partial charge in [0, 0.05) is 30.3 Å². The molecule has 3 nitrogen and oxygen atoms in total. The van der Waals surface area contributed by atoms with Crippen molar-refractivity contribution in [2.24, 2.45) is 5.92 Å². The summed E-state index contributed by atoms with van der Waals surface area (Å²) >= 11 is 0. The molecule has 2 unspecified atom stereocenters. The number of carbonyl (C=O) groups excluding carboxylic acids is 1. The van der Waals surface area contributed by atoms with Crippen molar-refractivity contribution in [3.05, 3.63) is 29.8 Å². The number of Topliss-reactive ketones (excluding diaryl/α,β-unsaturated/α-hetero) is 1. The maximum atomic E-state index is 11.3. The molecule has 2 atom stereocenters. The van der Waals surface area contributed by atoms with Gasteiger partial charge >= 0.3 is 0 Å². The van der Waals surface area contributed by atoms with E-state index in [9.17, 15) is 9.90 Å². The molecule has 3 rings (SSSR count). The maximum Gasteiger partial charge on any atom is 0.159 e. The average Bonchev–Trinajstić information content (AvgIpc) is 2.46. The van der Waals surface area contributed by atoms with Gasteiger partial charge in [0.25, 0.3) is 0 Å². The van der Waals surface area contributed by atoms with E-state index >= 15 is 0 Å². The molecule has 0 aromatic heterocycles. The summed E-state index contributed by atoms with van der Waals surface area (Å²) in [4.78, 5) is 13.7. The van der Waals surface area contributed by atoms with Crippen LogP contribution in [0.2, 0.25) is 0 Å². The molecular weight excluding hydrogens is 250 g/mol. The highest BCUT2D eigenvalue weighted by atomic mass is 16.3. The molecule has 2 fully saturated rings. The molecule has 0 radical (unpaired) electrons. The molecule has 2 aliphatic rings. The third-order valence-corrected chi connectivity index (χ3v) is 5.07. The number of anilines is 1. The lowest BCUT2D eigenvalue weighted by Crippen LogP contribution is -2.53. The van der Waals surface area contributed by atoms with E-state index in [0.29, 0.717) is 5.92 Å². The highest BCUT2D eigenvalue weighted by Crippen LogP contribution is 2.40. The van der Waals surface area contributed by atoms with Crippen LogP contribution in [0.1, 0.15) is 49.4 Å². The van der Waals surface area contributed by atoms with Crippen LogP contribution in [0.3, 0.4) is 0 Å². The second kappa shape index (κ2) is 5.21. The first-order valence-corrected chi connectivity index (χ1v) is 7.67. The van der Waals surface area contributed by atoms with Gasteiger partial charge in [-0.15, -0.1) is 0 Å². The molecule has 1 aromatic carbocycles. The van der Waals surface area contributed by atoms with Crippen LogP contribution in [-0.4, -0.2) is 29.6 Å². The molecule has 108 valence electrons. The molecule has 1 saturated carbocycles. The van der Waals surface area contributed by atoms with Crippen LogP contribution in [-0.2, 0) is 0 Å². The van der Waals surface area contributed by atoms with Crippen molar-refractivity contribution in [2.45, 2.75) is 44.6 Å². The van der Waals surface area contributed by atoms with Crippen molar-refractivity contribution in [1.29, 1.82) is 0 Å². The molecule has 0 amide bonds. The standard InChI is InChI=1S/C17H23NO2/c1-13(19)14-5-7-16(8-6-14)18-11-10-17(20)9-3-2-4-15(17)12-18/h5-8,15,20H,2-4,9-12H2,1H3. The zero-order valence-corrected chi connectivity index (χ0v) is 12.1. The Labute approximate surface area is 120 Å². The van der Waals surface area contributed by atoms with Gasteiger partial charge in [0.15, 0.2) is 5.78 Å². The largest absolute Gasteiger partial charge is 0.389 e. The first-order chi connectivity index (χ1) is 9.58. The normalized spacial score (nSPS) is 29.9. The van der Waals surface area contributed by atoms with Gasteiger partial charge in [0.05, 0.1) is 5.60 Å². The van der Waals surface area contributed by atoms with Crippen LogP contribution < -0.4 is 4.90 Å².